The first-order chi connectivity index (χ1) is 8.29. The van der Waals surface area contributed by atoms with Crippen molar-refractivity contribution < 1.29 is 4.79 Å². The van der Waals surface area contributed by atoms with Crippen LogP contribution in [0.2, 0.25) is 0 Å². The molecule has 0 radical (unpaired) electrons. The molecule has 0 atom stereocenters. The van der Waals surface area contributed by atoms with Crippen molar-refractivity contribution in [1.82, 2.24) is 9.97 Å². The number of carbonyl (C=O) groups excluding carboxylic acids is 1. The van der Waals surface area contributed by atoms with Crippen molar-refractivity contribution in [3.8, 4) is 0 Å². The SMILES string of the molecule is CNc1ccc(C(=O)Nc2ncccn2)cc1. The third-order valence-electron chi connectivity index (χ3n) is 2.23. The summed E-state index contributed by atoms with van der Waals surface area (Å²) in [5.41, 5.74) is 1.52. The molecule has 0 aliphatic carbocycles. The van der Waals surface area contributed by atoms with Crippen LogP contribution in [0.3, 0.4) is 0 Å². The number of carbonyl (C=O) groups is 1. The number of hydrogen-bond donors (Lipinski definition) is 2. The van der Waals surface area contributed by atoms with Gasteiger partial charge in [-0.3, -0.25) is 10.1 Å². The summed E-state index contributed by atoms with van der Waals surface area (Å²) in [6, 6.07) is 8.84. The molecule has 2 aromatic rings. The Hall–Kier alpha value is -2.43. The number of nitrogens with one attached hydrogen (secondary N) is 2. The van der Waals surface area contributed by atoms with Gasteiger partial charge in [-0.05, 0) is 30.3 Å². The maximum Gasteiger partial charge on any atom is 0.258 e. The summed E-state index contributed by atoms with van der Waals surface area (Å²) in [5, 5.41) is 5.60. The minimum Gasteiger partial charge on any atom is -0.388 e. The average molecular weight is 228 g/mol. The normalized spacial score (nSPS) is 9.71. The highest BCUT2D eigenvalue weighted by molar-refractivity contribution is 6.03. The second-order valence-electron chi connectivity index (χ2n) is 3.35. The quantitative estimate of drug-likeness (QED) is 0.840. The maximum absolute atomic E-state index is 11.8. The Morgan fingerprint density at radius 2 is 1.76 bits per heavy atom. The molecule has 0 unspecified atom stereocenters. The fourth-order valence-electron chi connectivity index (χ4n) is 1.33. The number of aromatic nitrogens is 2. The van der Waals surface area contributed by atoms with Crippen LogP contribution < -0.4 is 10.6 Å². The van der Waals surface area contributed by atoms with Crippen LogP contribution >= 0.6 is 0 Å². The molecule has 0 bridgehead atoms. The van der Waals surface area contributed by atoms with Crippen LogP contribution in [0.5, 0.6) is 0 Å². The first-order valence-electron chi connectivity index (χ1n) is 5.16. The van der Waals surface area contributed by atoms with E-state index in [4.69, 9.17) is 0 Å². The van der Waals surface area contributed by atoms with Gasteiger partial charge in [0.1, 0.15) is 0 Å². The first kappa shape index (κ1) is 11.1. The molecule has 1 heterocycles. The van der Waals surface area contributed by atoms with Crippen molar-refractivity contribution >= 4 is 17.5 Å². The third-order valence-corrected chi connectivity index (χ3v) is 2.23. The van der Waals surface area contributed by atoms with E-state index >= 15 is 0 Å². The van der Waals surface area contributed by atoms with Crippen LogP contribution in [-0.2, 0) is 0 Å². The Kier molecular flexibility index (Phi) is 3.30. The lowest BCUT2D eigenvalue weighted by Gasteiger charge is -2.04. The van der Waals surface area contributed by atoms with Gasteiger partial charge in [0.2, 0.25) is 5.95 Å². The van der Waals surface area contributed by atoms with E-state index in [0.717, 1.165) is 5.69 Å². The first-order valence-corrected chi connectivity index (χ1v) is 5.16. The summed E-state index contributed by atoms with van der Waals surface area (Å²) in [6.45, 7) is 0. The number of amides is 1. The molecule has 2 N–H and O–H groups in total. The Morgan fingerprint density at radius 1 is 1.12 bits per heavy atom. The van der Waals surface area contributed by atoms with Crippen LogP contribution in [0.25, 0.3) is 0 Å². The average Bonchev–Trinajstić information content (AvgIpc) is 2.40. The molecule has 1 aromatic carbocycles. The minimum atomic E-state index is -0.223. The van der Waals surface area contributed by atoms with Crippen molar-refractivity contribution in [1.29, 1.82) is 0 Å². The molecule has 0 aliphatic rings. The molecule has 2 rings (SSSR count). The zero-order valence-corrected chi connectivity index (χ0v) is 9.34. The molecule has 5 nitrogen and oxygen atoms in total. The molecular weight excluding hydrogens is 216 g/mol. The molecule has 0 aliphatic heterocycles. The molecular formula is C12H12N4O. The summed E-state index contributed by atoms with van der Waals surface area (Å²) in [4.78, 5) is 19.6. The number of nitrogens with zero attached hydrogens (tertiary/aromatic N) is 2. The molecule has 0 spiro atoms. The number of rotatable bonds is 3. The molecule has 1 aromatic heterocycles. The van der Waals surface area contributed by atoms with E-state index < -0.39 is 0 Å². The van der Waals surface area contributed by atoms with Gasteiger partial charge in [-0.25, -0.2) is 9.97 Å². The van der Waals surface area contributed by atoms with Gasteiger partial charge in [-0.2, -0.15) is 0 Å². The van der Waals surface area contributed by atoms with Crippen LogP contribution in [0.15, 0.2) is 42.7 Å². The Bertz CT molecular complexity index is 496. The van der Waals surface area contributed by atoms with Gasteiger partial charge in [0.15, 0.2) is 0 Å². The van der Waals surface area contributed by atoms with E-state index in [1.165, 1.54) is 0 Å². The largest absolute Gasteiger partial charge is 0.388 e. The van der Waals surface area contributed by atoms with Gasteiger partial charge in [-0.1, -0.05) is 0 Å². The zero-order valence-electron chi connectivity index (χ0n) is 9.34. The number of anilines is 2. The smallest absolute Gasteiger partial charge is 0.258 e. The van der Waals surface area contributed by atoms with Crippen LogP contribution in [0.1, 0.15) is 10.4 Å². The molecule has 86 valence electrons. The summed E-state index contributed by atoms with van der Waals surface area (Å²) in [5.74, 6) is 0.0778. The fourth-order valence-corrected chi connectivity index (χ4v) is 1.33. The minimum absolute atomic E-state index is 0.223. The van der Waals surface area contributed by atoms with E-state index in [-0.39, 0.29) is 5.91 Å². The van der Waals surface area contributed by atoms with E-state index in [1.807, 2.05) is 19.2 Å². The second kappa shape index (κ2) is 5.07. The van der Waals surface area contributed by atoms with Crippen molar-refractivity contribution in [2.24, 2.45) is 0 Å². The Balaban J connectivity index is 2.09. The molecule has 17 heavy (non-hydrogen) atoms. The highest BCUT2D eigenvalue weighted by atomic mass is 16.1. The van der Waals surface area contributed by atoms with Gasteiger partial charge in [0, 0.05) is 30.7 Å². The predicted molar refractivity (Wildman–Crippen MR) is 66.0 cm³/mol. The topological polar surface area (TPSA) is 66.9 Å². The lowest BCUT2D eigenvalue weighted by Crippen LogP contribution is -2.13. The van der Waals surface area contributed by atoms with Gasteiger partial charge < -0.3 is 5.32 Å². The van der Waals surface area contributed by atoms with Gasteiger partial charge in [0.05, 0.1) is 0 Å². The highest BCUT2D eigenvalue weighted by Gasteiger charge is 2.06. The maximum atomic E-state index is 11.8. The predicted octanol–water partition coefficient (Wildman–Crippen LogP) is 1.77. The summed E-state index contributed by atoms with van der Waals surface area (Å²) >= 11 is 0. The molecule has 5 heteroatoms. The molecule has 1 amide bonds. The third kappa shape index (κ3) is 2.78. The van der Waals surface area contributed by atoms with Crippen LogP contribution in [-0.4, -0.2) is 22.9 Å². The zero-order chi connectivity index (χ0) is 12.1. The monoisotopic (exact) mass is 228 g/mol. The van der Waals surface area contributed by atoms with E-state index in [0.29, 0.717) is 11.5 Å². The van der Waals surface area contributed by atoms with E-state index in [2.05, 4.69) is 20.6 Å². The van der Waals surface area contributed by atoms with Crippen molar-refractivity contribution in [3.63, 3.8) is 0 Å². The van der Waals surface area contributed by atoms with Crippen LogP contribution in [0, 0.1) is 0 Å². The van der Waals surface area contributed by atoms with E-state index in [1.54, 1.807) is 30.6 Å². The second-order valence-corrected chi connectivity index (χ2v) is 3.35. The fraction of sp³-hybridized carbons (Fsp3) is 0.0833. The van der Waals surface area contributed by atoms with Crippen molar-refractivity contribution in [3.05, 3.63) is 48.3 Å². The lowest BCUT2D eigenvalue weighted by molar-refractivity contribution is 0.102. The van der Waals surface area contributed by atoms with Gasteiger partial charge >= 0.3 is 0 Å². The molecule has 0 saturated carbocycles. The molecule has 0 saturated heterocycles. The molecule has 0 fully saturated rings. The van der Waals surface area contributed by atoms with Gasteiger partial charge in [-0.15, -0.1) is 0 Å². The summed E-state index contributed by atoms with van der Waals surface area (Å²) < 4.78 is 0. The van der Waals surface area contributed by atoms with Crippen LogP contribution in [0.4, 0.5) is 11.6 Å². The number of hydrogen-bond acceptors (Lipinski definition) is 4. The van der Waals surface area contributed by atoms with Gasteiger partial charge in [0.25, 0.3) is 5.91 Å². The Morgan fingerprint density at radius 3 is 2.35 bits per heavy atom. The Labute approximate surface area is 98.9 Å². The lowest BCUT2D eigenvalue weighted by atomic mass is 10.2. The summed E-state index contributed by atoms with van der Waals surface area (Å²) in [7, 11) is 1.83. The summed E-state index contributed by atoms with van der Waals surface area (Å²) in [6.07, 6.45) is 3.15. The van der Waals surface area contributed by atoms with E-state index in [9.17, 15) is 4.79 Å². The standard InChI is InChI=1S/C12H12N4O/c1-13-10-5-3-9(4-6-10)11(17)16-12-14-7-2-8-15-12/h2-8,13H,1H3,(H,14,15,16,17). The van der Waals surface area contributed by atoms with Crippen molar-refractivity contribution in [2.45, 2.75) is 0 Å². The number of benzene rings is 1. The van der Waals surface area contributed by atoms with Crippen molar-refractivity contribution in [2.75, 3.05) is 17.7 Å². The highest BCUT2D eigenvalue weighted by Crippen LogP contribution is 2.09.